The zero-order valence-electron chi connectivity index (χ0n) is 12.8. The second-order valence-corrected chi connectivity index (χ2v) is 5.94. The lowest BCUT2D eigenvalue weighted by molar-refractivity contribution is 0.360. The largest absolute Gasteiger partial charge is 0.313 e. The summed E-state index contributed by atoms with van der Waals surface area (Å²) >= 11 is 0. The van der Waals surface area contributed by atoms with Gasteiger partial charge in [0.05, 0.1) is 0 Å². The van der Waals surface area contributed by atoms with Gasteiger partial charge in [0.15, 0.2) is 0 Å². The first-order valence-corrected chi connectivity index (χ1v) is 7.30. The smallest absolute Gasteiger partial charge is 0.0156 e. The zero-order chi connectivity index (χ0) is 13.7. The highest BCUT2D eigenvalue weighted by molar-refractivity contribution is 5.27. The van der Waals surface area contributed by atoms with Crippen molar-refractivity contribution in [3.8, 4) is 0 Å². The molecule has 0 amide bonds. The molecular formula is C17H29N. The van der Waals surface area contributed by atoms with Gasteiger partial charge in [-0.15, -0.1) is 0 Å². The summed E-state index contributed by atoms with van der Waals surface area (Å²) in [6, 6.07) is 9.71. The van der Waals surface area contributed by atoms with Gasteiger partial charge in [-0.3, -0.25) is 0 Å². The molecule has 1 N–H and O–H groups in total. The monoisotopic (exact) mass is 247 g/mol. The van der Waals surface area contributed by atoms with E-state index in [4.69, 9.17) is 0 Å². The van der Waals surface area contributed by atoms with Crippen LogP contribution in [0.3, 0.4) is 0 Å². The minimum absolute atomic E-state index is 0.555. The minimum Gasteiger partial charge on any atom is -0.313 e. The van der Waals surface area contributed by atoms with Gasteiger partial charge in [0.2, 0.25) is 0 Å². The molecule has 0 spiro atoms. The first-order chi connectivity index (χ1) is 8.47. The summed E-state index contributed by atoms with van der Waals surface area (Å²) in [5.74, 6) is 1.83. The van der Waals surface area contributed by atoms with Crippen LogP contribution in [0, 0.1) is 5.92 Å². The summed E-state index contributed by atoms with van der Waals surface area (Å²) in [7, 11) is 0. The lowest BCUT2D eigenvalue weighted by Gasteiger charge is -2.29. The Kier molecular flexibility index (Phi) is 5.87. The van der Waals surface area contributed by atoms with Gasteiger partial charge in [0.25, 0.3) is 0 Å². The number of likely N-dealkylation sites (N-methyl/N-ethyl adjacent to an activating group) is 1. The van der Waals surface area contributed by atoms with E-state index in [1.54, 1.807) is 0 Å². The van der Waals surface area contributed by atoms with Crippen molar-refractivity contribution in [3.63, 3.8) is 0 Å². The van der Waals surface area contributed by atoms with E-state index in [0.717, 1.165) is 6.54 Å². The molecule has 1 aromatic rings. The van der Waals surface area contributed by atoms with Crippen molar-refractivity contribution in [1.82, 2.24) is 5.32 Å². The maximum atomic E-state index is 3.62. The summed E-state index contributed by atoms with van der Waals surface area (Å²) in [6.07, 6.45) is 0. The van der Waals surface area contributed by atoms with Crippen LogP contribution in [0.5, 0.6) is 0 Å². The van der Waals surface area contributed by atoms with Crippen molar-refractivity contribution in [2.45, 2.75) is 59.4 Å². The molecule has 0 saturated heterocycles. The fraction of sp³-hybridized carbons (Fsp3) is 0.647. The van der Waals surface area contributed by atoms with E-state index in [-0.39, 0.29) is 0 Å². The third kappa shape index (κ3) is 3.84. The van der Waals surface area contributed by atoms with E-state index in [1.807, 2.05) is 0 Å². The van der Waals surface area contributed by atoms with Crippen molar-refractivity contribution in [2.24, 2.45) is 5.92 Å². The predicted octanol–water partition coefficient (Wildman–Crippen LogP) is 4.55. The molecular weight excluding hydrogens is 218 g/mol. The fourth-order valence-electron chi connectivity index (χ4n) is 2.62. The van der Waals surface area contributed by atoms with Gasteiger partial charge in [-0.05, 0) is 35.4 Å². The first kappa shape index (κ1) is 15.2. The summed E-state index contributed by atoms with van der Waals surface area (Å²) < 4.78 is 0. The maximum Gasteiger partial charge on any atom is 0.0156 e. The van der Waals surface area contributed by atoms with Crippen LogP contribution in [0.1, 0.15) is 64.5 Å². The SMILES string of the molecule is CCNC(C(C)C)C(C)c1ccc(C(C)C)cc1. The van der Waals surface area contributed by atoms with E-state index in [2.05, 4.69) is 71.1 Å². The standard InChI is InChI=1S/C17H29N/c1-7-18-17(13(4)5)14(6)16-10-8-15(9-11-16)12(2)3/h8-14,17-18H,7H2,1-6H3. The molecule has 1 nitrogen and oxygen atoms in total. The zero-order valence-corrected chi connectivity index (χ0v) is 12.8. The summed E-state index contributed by atoms with van der Waals surface area (Å²) in [5.41, 5.74) is 2.87. The van der Waals surface area contributed by atoms with E-state index in [9.17, 15) is 0 Å². The molecule has 1 aromatic carbocycles. The van der Waals surface area contributed by atoms with Crippen LogP contribution < -0.4 is 5.32 Å². The molecule has 0 radical (unpaired) electrons. The van der Waals surface area contributed by atoms with E-state index < -0.39 is 0 Å². The Morgan fingerprint density at radius 3 is 1.78 bits per heavy atom. The number of nitrogens with one attached hydrogen (secondary N) is 1. The normalized spacial score (nSPS) is 15.1. The van der Waals surface area contributed by atoms with Gasteiger partial charge in [-0.2, -0.15) is 0 Å². The van der Waals surface area contributed by atoms with Gasteiger partial charge in [-0.1, -0.05) is 65.8 Å². The van der Waals surface area contributed by atoms with Crippen LogP contribution in [0.4, 0.5) is 0 Å². The molecule has 0 aliphatic rings. The summed E-state index contributed by atoms with van der Waals surface area (Å²) in [5, 5.41) is 3.62. The van der Waals surface area contributed by atoms with Gasteiger partial charge in [0.1, 0.15) is 0 Å². The number of hydrogen-bond donors (Lipinski definition) is 1. The van der Waals surface area contributed by atoms with Crippen molar-refractivity contribution < 1.29 is 0 Å². The lowest BCUT2D eigenvalue weighted by Crippen LogP contribution is -2.38. The molecule has 0 aliphatic carbocycles. The van der Waals surface area contributed by atoms with Crippen LogP contribution in [-0.4, -0.2) is 12.6 Å². The van der Waals surface area contributed by atoms with Gasteiger partial charge >= 0.3 is 0 Å². The second-order valence-electron chi connectivity index (χ2n) is 5.94. The fourth-order valence-corrected chi connectivity index (χ4v) is 2.62. The maximum absolute atomic E-state index is 3.62. The molecule has 0 aromatic heterocycles. The first-order valence-electron chi connectivity index (χ1n) is 7.30. The van der Waals surface area contributed by atoms with Crippen LogP contribution in [0.2, 0.25) is 0 Å². The van der Waals surface area contributed by atoms with Crippen LogP contribution in [0.15, 0.2) is 24.3 Å². The molecule has 102 valence electrons. The number of benzene rings is 1. The molecule has 0 saturated carbocycles. The Labute approximate surface area is 113 Å². The van der Waals surface area contributed by atoms with Crippen molar-refractivity contribution in [2.75, 3.05) is 6.54 Å². The lowest BCUT2D eigenvalue weighted by atomic mass is 9.85. The molecule has 18 heavy (non-hydrogen) atoms. The molecule has 0 aliphatic heterocycles. The highest BCUT2D eigenvalue weighted by Gasteiger charge is 2.21. The molecule has 1 rings (SSSR count). The molecule has 0 heterocycles. The van der Waals surface area contributed by atoms with Crippen LogP contribution in [0.25, 0.3) is 0 Å². The van der Waals surface area contributed by atoms with Crippen molar-refractivity contribution in [1.29, 1.82) is 0 Å². The average Bonchev–Trinajstić information content (AvgIpc) is 2.35. The third-order valence-electron chi connectivity index (χ3n) is 3.83. The molecule has 2 unspecified atom stereocenters. The van der Waals surface area contributed by atoms with E-state index in [0.29, 0.717) is 23.8 Å². The Bertz CT molecular complexity index is 337. The predicted molar refractivity (Wildman–Crippen MR) is 81.2 cm³/mol. The average molecular weight is 247 g/mol. The molecule has 0 fully saturated rings. The van der Waals surface area contributed by atoms with Crippen LogP contribution in [-0.2, 0) is 0 Å². The van der Waals surface area contributed by atoms with Crippen molar-refractivity contribution >= 4 is 0 Å². The second kappa shape index (κ2) is 6.94. The molecule has 2 atom stereocenters. The summed E-state index contributed by atoms with van der Waals surface area (Å²) in [4.78, 5) is 0. The number of rotatable bonds is 6. The van der Waals surface area contributed by atoms with Crippen molar-refractivity contribution in [3.05, 3.63) is 35.4 Å². The van der Waals surface area contributed by atoms with E-state index in [1.165, 1.54) is 11.1 Å². The Balaban J connectivity index is 2.84. The number of hydrogen-bond acceptors (Lipinski definition) is 1. The molecule has 0 bridgehead atoms. The highest BCUT2D eigenvalue weighted by Crippen LogP contribution is 2.25. The van der Waals surface area contributed by atoms with Gasteiger partial charge in [-0.25, -0.2) is 0 Å². The Morgan fingerprint density at radius 1 is 0.889 bits per heavy atom. The highest BCUT2D eigenvalue weighted by atomic mass is 14.9. The van der Waals surface area contributed by atoms with Gasteiger partial charge < -0.3 is 5.32 Å². The Morgan fingerprint density at radius 2 is 1.39 bits per heavy atom. The minimum atomic E-state index is 0.555. The topological polar surface area (TPSA) is 12.0 Å². The van der Waals surface area contributed by atoms with E-state index >= 15 is 0 Å². The molecule has 1 heteroatoms. The third-order valence-corrected chi connectivity index (χ3v) is 3.83. The van der Waals surface area contributed by atoms with Gasteiger partial charge in [0, 0.05) is 6.04 Å². The Hall–Kier alpha value is -0.820. The summed E-state index contributed by atoms with van der Waals surface area (Å²) in [6.45, 7) is 14.6. The quantitative estimate of drug-likeness (QED) is 0.777. The van der Waals surface area contributed by atoms with Crippen LogP contribution >= 0.6 is 0 Å².